The number of amides is 2. The maximum atomic E-state index is 12.7. The van der Waals surface area contributed by atoms with Crippen LogP contribution in [0.5, 0.6) is 11.5 Å². The number of anilines is 2. The number of rotatable bonds is 4. The van der Waals surface area contributed by atoms with E-state index in [-0.39, 0.29) is 25.0 Å². The monoisotopic (exact) mass is 491 g/mol. The number of nitrogens with one attached hydrogen (secondary N) is 1. The summed E-state index contributed by atoms with van der Waals surface area (Å²) in [6.07, 6.45) is 0.163. The van der Waals surface area contributed by atoms with Gasteiger partial charge in [-0.2, -0.15) is 0 Å². The number of hydrogen-bond donors (Lipinski definition) is 1. The molecular weight excluding hydrogens is 478 g/mol. The topological polar surface area (TPSA) is 80.8 Å². The molecule has 1 fully saturated rings. The molecule has 0 radical (unpaired) electrons. The molecule has 0 saturated carbocycles. The van der Waals surface area contributed by atoms with Gasteiger partial charge in [0.1, 0.15) is 0 Å². The number of ether oxygens (including phenoxy) is 2. The second kappa shape index (κ2) is 7.43. The van der Waals surface area contributed by atoms with Crippen molar-refractivity contribution in [2.45, 2.75) is 6.42 Å². The van der Waals surface area contributed by atoms with Crippen LogP contribution >= 0.6 is 38.6 Å². The summed E-state index contributed by atoms with van der Waals surface area (Å²) >= 11 is 6.40. The molecule has 1 unspecified atom stereocenters. The van der Waals surface area contributed by atoms with E-state index in [4.69, 9.17) is 9.47 Å². The first kappa shape index (κ1) is 18.6. The lowest BCUT2D eigenvalue weighted by Gasteiger charge is -2.17. The molecule has 1 atom stereocenters. The largest absolute Gasteiger partial charge is 0.454 e. The third kappa shape index (κ3) is 3.63. The smallest absolute Gasteiger partial charge is 0.231 e. The third-order valence-electron chi connectivity index (χ3n) is 4.72. The first-order chi connectivity index (χ1) is 14.1. The highest BCUT2D eigenvalue weighted by atomic mass is 79.9. The number of nitrogens with zero attached hydrogens (tertiary/aromatic N) is 2. The Kier molecular flexibility index (Phi) is 4.76. The maximum Gasteiger partial charge on any atom is 0.231 e. The molecule has 10 heteroatoms. The van der Waals surface area contributed by atoms with Crippen LogP contribution in [0.1, 0.15) is 6.42 Å². The van der Waals surface area contributed by atoms with E-state index in [1.54, 1.807) is 34.4 Å². The van der Waals surface area contributed by atoms with Gasteiger partial charge in [0.05, 0.1) is 20.3 Å². The molecule has 4 heterocycles. The fraction of sp³-hybridized carbons (Fsp3) is 0.211. The van der Waals surface area contributed by atoms with Crippen molar-refractivity contribution in [1.29, 1.82) is 0 Å². The van der Waals surface area contributed by atoms with E-state index in [1.165, 1.54) is 11.3 Å². The highest BCUT2D eigenvalue weighted by Gasteiger charge is 2.36. The van der Waals surface area contributed by atoms with Gasteiger partial charge in [-0.05, 0) is 40.2 Å². The van der Waals surface area contributed by atoms with Gasteiger partial charge in [0.2, 0.25) is 18.6 Å². The van der Waals surface area contributed by atoms with E-state index < -0.39 is 5.92 Å². The number of thiophene rings is 1. The van der Waals surface area contributed by atoms with Gasteiger partial charge in [-0.15, -0.1) is 22.7 Å². The Balaban J connectivity index is 1.27. The fourth-order valence-corrected chi connectivity index (χ4v) is 5.42. The van der Waals surface area contributed by atoms with Gasteiger partial charge in [0.15, 0.2) is 16.6 Å². The predicted molar refractivity (Wildman–Crippen MR) is 115 cm³/mol. The van der Waals surface area contributed by atoms with Gasteiger partial charge >= 0.3 is 0 Å². The van der Waals surface area contributed by atoms with Gasteiger partial charge in [0.25, 0.3) is 0 Å². The number of benzene rings is 1. The zero-order chi connectivity index (χ0) is 20.0. The molecular formula is C19H14BrN3O4S2. The molecule has 1 aromatic carbocycles. The van der Waals surface area contributed by atoms with Crippen LogP contribution in [-0.2, 0) is 9.59 Å². The number of carbonyl (C=O) groups is 2. The summed E-state index contributed by atoms with van der Waals surface area (Å²) in [7, 11) is 0. The lowest BCUT2D eigenvalue weighted by molar-refractivity contribution is -0.122. The van der Waals surface area contributed by atoms with Gasteiger partial charge in [-0.3, -0.25) is 9.59 Å². The third-order valence-corrected chi connectivity index (χ3v) is 7.13. The highest BCUT2D eigenvalue weighted by Crippen LogP contribution is 2.37. The molecule has 0 spiro atoms. The van der Waals surface area contributed by atoms with E-state index in [2.05, 4.69) is 26.2 Å². The van der Waals surface area contributed by atoms with Crippen molar-refractivity contribution in [3.8, 4) is 22.1 Å². The van der Waals surface area contributed by atoms with Crippen molar-refractivity contribution in [3.63, 3.8) is 0 Å². The minimum atomic E-state index is -0.434. The minimum Gasteiger partial charge on any atom is -0.454 e. The van der Waals surface area contributed by atoms with Crippen LogP contribution in [0.15, 0.2) is 39.5 Å². The number of aromatic nitrogens is 1. The molecule has 2 amide bonds. The highest BCUT2D eigenvalue weighted by molar-refractivity contribution is 9.11. The summed E-state index contributed by atoms with van der Waals surface area (Å²) in [5, 5.41) is 5.29. The normalized spacial score (nSPS) is 17.8. The Morgan fingerprint density at radius 1 is 1.24 bits per heavy atom. The molecule has 1 saturated heterocycles. The fourth-order valence-electron chi connectivity index (χ4n) is 3.29. The number of fused-ring (bicyclic) bond motifs is 1. The average Bonchev–Trinajstić information content (AvgIpc) is 3.47. The van der Waals surface area contributed by atoms with Crippen molar-refractivity contribution in [2.75, 3.05) is 23.6 Å². The van der Waals surface area contributed by atoms with Crippen LogP contribution in [-0.4, -0.2) is 30.1 Å². The number of hydrogen-bond acceptors (Lipinski definition) is 7. The quantitative estimate of drug-likeness (QED) is 0.586. The summed E-state index contributed by atoms with van der Waals surface area (Å²) in [5.74, 6) is 0.545. The first-order valence-electron chi connectivity index (χ1n) is 8.79. The van der Waals surface area contributed by atoms with Gasteiger partial charge in [-0.1, -0.05) is 0 Å². The Labute approximate surface area is 182 Å². The first-order valence-corrected chi connectivity index (χ1v) is 11.3. The van der Waals surface area contributed by atoms with Crippen LogP contribution < -0.4 is 19.7 Å². The van der Waals surface area contributed by atoms with Gasteiger partial charge in [-0.25, -0.2) is 4.98 Å². The van der Waals surface area contributed by atoms with E-state index in [0.29, 0.717) is 28.9 Å². The summed E-state index contributed by atoms with van der Waals surface area (Å²) in [6, 6.07) is 9.30. The SMILES string of the molecule is O=C(Nc1nc(-c2ccc(Br)s2)cs1)C1CC(=O)N(c2ccc3c(c2)OCO3)C1. The molecule has 0 bridgehead atoms. The van der Waals surface area contributed by atoms with Crippen molar-refractivity contribution in [2.24, 2.45) is 5.92 Å². The van der Waals surface area contributed by atoms with E-state index in [9.17, 15) is 9.59 Å². The molecule has 2 aliphatic rings. The molecule has 3 aromatic rings. The van der Waals surface area contributed by atoms with Crippen LogP contribution in [0.2, 0.25) is 0 Å². The van der Waals surface area contributed by atoms with Gasteiger partial charge < -0.3 is 19.7 Å². The molecule has 0 aliphatic carbocycles. The van der Waals surface area contributed by atoms with Crippen LogP contribution in [0.25, 0.3) is 10.6 Å². The van der Waals surface area contributed by atoms with Crippen LogP contribution in [0, 0.1) is 5.92 Å². The molecule has 5 rings (SSSR count). The zero-order valence-corrected chi connectivity index (χ0v) is 18.1. The lowest BCUT2D eigenvalue weighted by Crippen LogP contribution is -2.28. The molecule has 29 heavy (non-hydrogen) atoms. The zero-order valence-electron chi connectivity index (χ0n) is 14.9. The average molecular weight is 492 g/mol. The van der Waals surface area contributed by atoms with Crippen LogP contribution in [0.3, 0.4) is 0 Å². The summed E-state index contributed by atoms with van der Waals surface area (Å²) < 4.78 is 11.7. The lowest BCUT2D eigenvalue weighted by atomic mass is 10.1. The van der Waals surface area contributed by atoms with E-state index in [1.807, 2.05) is 17.5 Å². The second-order valence-electron chi connectivity index (χ2n) is 6.57. The molecule has 1 N–H and O–H groups in total. The standard InChI is InChI=1S/C19H14BrN3O4S2/c20-16-4-3-15(29-16)12-8-28-19(21-12)22-18(25)10-5-17(24)23(7-10)11-1-2-13-14(6-11)27-9-26-13/h1-4,6,8,10H,5,7,9H2,(H,21,22,25). The molecule has 148 valence electrons. The van der Waals surface area contributed by atoms with E-state index >= 15 is 0 Å². The Bertz CT molecular complexity index is 1110. The molecule has 2 aromatic heterocycles. The maximum absolute atomic E-state index is 12.7. The Hall–Kier alpha value is -2.43. The Morgan fingerprint density at radius 2 is 2.10 bits per heavy atom. The molecule has 7 nitrogen and oxygen atoms in total. The van der Waals surface area contributed by atoms with E-state index in [0.717, 1.165) is 14.4 Å². The number of halogens is 1. The predicted octanol–water partition coefficient (Wildman–Crippen LogP) is 4.35. The molecule has 2 aliphatic heterocycles. The minimum absolute atomic E-state index is 0.0905. The number of thiazole rings is 1. The summed E-state index contributed by atoms with van der Waals surface area (Å²) in [5.41, 5.74) is 1.53. The summed E-state index contributed by atoms with van der Waals surface area (Å²) in [4.78, 5) is 32.3. The Morgan fingerprint density at radius 3 is 2.93 bits per heavy atom. The van der Waals surface area contributed by atoms with Crippen molar-refractivity contribution in [3.05, 3.63) is 39.5 Å². The van der Waals surface area contributed by atoms with Crippen molar-refractivity contribution >= 4 is 61.2 Å². The second-order valence-corrected chi connectivity index (χ2v) is 9.89. The van der Waals surface area contributed by atoms with Crippen molar-refractivity contribution in [1.82, 2.24) is 4.98 Å². The summed E-state index contributed by atoms with van der Waals surface area (Å²) in [6.45, 7) is 0.496. The van der Waals surface area contributed by atoms with Gasteiger partial charge in [0, 0.05) is 30.1 Å². The van der Waals surface area contributed by atoms with Crippen molar-refractivity contribution < 1.29 is 19.1 Å². The number of carbonyl (C=O) groups excluding carboxylic acids is 2. The van der Waals surface area contributed by atoms with Crippen LogP contribution in [0.4, 0.5) is 10.8 Å².